The van der Waals surface area contributed by atoms with Crippen LogP contribution >= 0.6 is 23.4 Å². The predicted octanol–water partition coefficient (Wildman–Crippen LogP) is 4.38. The zero-order chi connectivity index (χ0) is 16.9. The van der Waals surface area contributed by atoms with Gasteiger partial charge in [0.05, 0.1) is 0 Å². The molecule has 0 atom stereocenters. The summed E-state index contributed by atoms with van der Waals surface area (Å²) in [5.74, 6) is 1.38. The van der Waals surface area contributed by atoms with Crippen LogP contribution in [0.25, 0.3) is 11.4 Å². The largest absolute Gasteiger partial charge is 0.326 e. The van der Waals surface area contributed by atoms with Crippen molar-refractivity contribution in [3.63, 3.8) is 0 Å². The molecule has 1 amide bonds. The standard InChI is InChI=1S/C17H15ClN4OS/c1-11(23)19-15-8-4-13(5-9-15)16-20-17(22-21-16)24-10-12-2-6-14(18)7-3-12/h2-9H,10H2,1H3,(H,19,23)(H,20,21,22). The summed E-state index contributed by atoms with van der Waals surface area (Å²) in [4.78, 5) is 15.5. The highest BCUT2D eigenvalue weighted by molar-refractivity contribution is 7.98. The molecule has 5 nitrogen and oxygen atoms in total. The number of nitrogens with zero attached hydrogens (tertiary/aromatic N) is 2. The molecule has 0 aliphatic carbocycles. The lowest BCUT2D eigenvalue weighted by atomic mass is 10.2. The summed E-state index contributed by atoms with van der Waals surface area (Å²) in [6.07, 6.45) is 0. The lowest BCUT2D eigenvalue weighted by Gasteiger charge is -2.02. The maximum atomic E-state index is 11.0. The molecule has 0 radical (unpaired) electrons. The topological polar surface area (TPSA) is 70.7 Å². The van der Waals surface area contributed by atoms with E-state index < -0.39 is 0 Å². The number of rotatable bonds is 5. The molecular formula is C17H15ClN4OS. The van der Waals surface area contributed by atoms with Crippen molar-refractivity contribution in [2.75, 3.05) is 5.32 Å². The van der Waals surface area contributed by atoms with Crippen molar-refractivity contribution < 1.29 is 4.79 Å². The number of aromatic nitrogens is 3. The number of anilines is 1. The van der Waals surface area contributed by atoms with Crippen LogP contribution in [0.4, 0.5) is 5.69 Å². The van der Waals surface area contributed by atoms with Gasteiger partial charge >= 0.3 is 0 Å². The van der Waals surface area contributed by atoms with Crippen LogP contribution in [0.3, 0.4) is 0 Å². The number of nitrogens with one attached hydrogen (secondary N) is 2. The fourth-order valence-electron chi connectivity index (χ4n) is 2.08. The Balaban J connectivity index is 1.64. The van der Waals surface area contributed by atoms with Crippen LogP contribution in [0.2, 0.25) is 5.02 Å². The summed E-state index contributed by atoms with van der Waals surface area (Å²) in [5.41, 5.74) is 2.83. The van der Waals surface area contributed by atoms with Crippen molar-refractivity contribution in [3.05, 3.63) is 59.1 Å². The van der Waals surface area contributed by atoms with Crippen molar-refractivity contribution in [1.82, 2.24) is 15.2 Å². The SMILES string of the molecule is CC(=O)Nc1ccc(-c2nc(SCc3ccc(Cl)cc3)n[nH]2)cc1. The second kappa shape index (κ2) is 7.51. The van der Waals surface area contributed by atoms with E-state index in [0.29, 0.717) is 11.0 Å². The summed E-state index contributed by atoms with van der Waals surface area (Å²) in [6, 6.07) is 15.2. The molecule has 1 heterocycles. The first-order valence-corrected chi connectivity index (χ1v) is 8.64. The van der Waals surface area contributed by atoms with Gasteiger partial charge in [-0.1, -0.05) is 35.5 Å². The van der Waals surface area contributed by atoms with Crippen LogP contribution in [-0.2, 0) is 10.5 Å². The second-order valence-electron chi connectivity index (χ2n) is 5.14. The van der Waals surface area contributed by atoms with Gasteiger partial charge < -0.3 is 5.32 Å². The van der Waals surface area contributed by atoms with E-state index in [2.05, 4.69) is 20.5 Å². The van der Waals surface area contributed by atoms with E-state index in [1.165, 1.54) is 6.92 Å². The number of amides is 1. The first-order valence-electron chi connectivity index (χ1n) is 7.28. The average molecular weight is 359 g/mol. The van der Waals surface area contributed by atoms with Gasteiger partial charge in [0.1, 0.15) is 0 Å². The first kappa shape index (κ1) is 16.5. The summed E-state index contributed by atoms with van der Waals surface area (Å²) in [5, 5.41) is 11.3. The Bertz CT molecular complexity index is 831. The van der Waals surface area contributed by atoms with Gasteiger partial charge in [-0.2, -0.15) is 0 Å². The van der Waals surface area contributed by atoms with Crippen molar-refractivity contribution in [2.24, 2.45) is 0 Å². The summed E-state index contributed by atoms with van der Waals surface area (Å²) < 4.78 is 0. The van der Waals surface area contributed by atoms with Crippen LogP contribution in [-0.4, -0.2) is 21.1 Å². The van der Waals surface area contributed by atoms with Gasteiger partial charge in [-0.05, 0) is 42.0 Å². The average Bonchev–Trinajstić information content (AvgIpc) is 3.03. The van der Waals surface area contributed by atoms with Crippen LogP contribution in [0.1, 0.15) is 12.5 Å². The van der Waals surface area contributed by atoms with Crippen LogP contribution in [0.5, 0.6) is 0 Å². The van der Waals surface area contributed by atoms with Crippen molar-refractivity contribution >= 4 is 35.0 Å². The molecule has 1 aromatic heterocycles. The number of carbonyl (C=O) groups excluding carboxylic acids is 1. The van der Waals surface area contributed by atoms with E-state index >= 15 is 0 Å². The quantitative estimate of drug-likeness (QED) is 0.664. The minimum absolute atomic E-state index is 0.0942. The Labute approximate surface area is 148 Å². The second-order valence-corrected chi connectivity index (χ2v) is 6.52. The highest BCUT2D eigenvalue weighted by atomic mass is 35.5. The molecule has 0 spiro atoms. The lowest BCUT2D eigenvalue weighted by molar-refractivity contribution is -0.114. The molecule has 3 aromatic rings. The van der Waals surface area contributed by atoms with Gasteiger partial charge in [-0.15, -0.1) is 5.10 Å². The number of carbonyl (C=O) groups is 1. The Morgan fingerprint density at radius 2 is 1.88 bits per heavy atom. The monoisotopic (exact) mass is 358 g/mol. The maximum Gasteiger partial charge on any atom is 0.221 e. The van der Waals surface area contributed by atoms with E-state index in [1.807, 2.05) is 48.5 Å². The fraction of sp³-hybridized carbons (Fsp3) is 0.118. The zero-order valence-corrected chi connectivity index (χ0v) is 14.5. The number of halogens is 1. The molecule has 0 saturated heterocycles. The fourth-order valence-corrected chi connectivity index (χ4v) is 2.96. The zero-order valence-electron chi connectivity index (χ0n) is 12.9. The normalized spacial score (nSPS) is 10.6. The molecular weight excluding hydrogens is 344 g/mol. The van der Waals surface area contributed by atoms with E-state index in [0.717, 1.165) is 27.6 Å². The van der Waals surface area contributed by atoms with Gasteiger partial charge in [0.15, 0.2) is 5.82 Å². The molecule has 122 valence electrons. The van der Waals surface area contributed by atoms with Gasteiger partial charge in [-0.3, -0.25) is 9.89 Å². The number of benzene rings is 2. The third-order valence-corrected chi connectivity index (χ3v) is 4.40. The van der Waals surface area contributed by atoms with Crippen LogP contribution in [0, 0.1) is 0 Å². The molecule has 0 unspecified atom stereocenters. The molecule has 7 heteroatoms. The summed E-state index contributed by atoms with van der Waals surface area (Å²) in [7, 11) is 0. The third kappa shape index (κ3) is 4.37. The summed E-state index contributed by atoms with van der Waals surface area (Å²) in [6.45, 7) is 1.48. The van der Waals surface area contributed by atoms with Crippen molar-refractivity contribution in [3.8, 4) is 11.4 Å². The number of hydrogen-bond donors (Lipinski definition) is 2. The predicted molar refractivity (Wildman–Crippen MR) is 97.1 cm³/mol. The lowest BCUT2D eigenvalue weighted by Crippen LogP contribution is -2.05. The molecule has 2 aromatic carbocycles. The van der Waals surface area contributed by atoms with E-state index in [4.69, 9.17) is 11.6 Å². The highest BCUT2D eigenvalue weighted by Crippen LogP contribution is 2.24. The molecule has 0 aliphatic heterocycles. The van der Waals surface area contributed by atoms with Gasteiger partial charge in [0.2, 0.25) is 11.1 Å². The number of aromatic amines is 1. The van der Waals surface area contributed by atoms with Crippen molar-refractivity contribution in [1.29, 1.82) is 0 Å². The number of H-pyrrole nitrogens is 1. The number of thioether (sulfide) groups is 1. The Morgan fingerprint density at radius 3 is 2.54 bits per heavy atom. The molecule has 3 rings (SSSR count). The minimum atomic E-state index is -0.0942. The van der Waals surface area contributed by atoms with Crippen LogP contribution in [0.15, 0.2) is 53.7 Å². The molecule has 0 aliphatic rings. The van der Waals surface area contributed by atoms with E-state index in [1.54, 1.807) is 11.8 Å². The number of hydrogen-bond acceptors (Lipinski definition) is 4. The molecule has 0 bridgehead atoms. The van der Waals surface area contributed by atoms with Gasteiger partial charge in [0.25, 0.3) is 0 Å². The van der Waals surface area contributed by atoms with Crippen LogP contribution < -0.4 is 5.32 Å². The first-order chi connectivity index (χ1) is 11.6. The molecule has 2 N–H and O–H groups in total. The Kier molecular flexibility index (Phi) is 5.17. The van der Waals surface area contributed by atoms with E-state index in [9.17, 15) is 4.79 Å². The van der Waals surface area contributed by atoms with Gasteiger partial charge in [-0.25, -0.2) is 4.98 Å². The van der Waals surface area contributed by atoms with E-state index in [-0.39, 0.29) is 5.91 Å². The highest BCUT2D eigenvalue weighted by Gasteiger charge is 2.07. The van der Waals surface area contributed by atoms with Crippen molar-refractivity contribution in [2.45, 2.75) is 17.8 Å². The molecule has 0 fully saturated rings. The smallest absolute Gasteiger partial charge is 0.221 e. The summed E-state index contributed by atoms with van der Waals surface area (Å²) >= 11 is 7.43. The maximum absolute atomic E-state index is 11.0. The van der Waals surface area contributed by atoms with Gasteiger partial charge in [0, 0.05) is 29.0 Å². The minimum Gasteiger partial charge on any atom is -0.326 e. The third-order valence-electron chi connectivity index (χ3n) is 3.22. The Morgan fingerprint density at radius 1 is 1.17 bits per heavy atom. The molecule has 24 heavy (non-hydrogen) atoms. The molecule has 0 saturated carbocycles. The Hall–Kier alpha value is -2.31.